The molecule has 0 aliphatic heterocycles. The molecule has 1 rings (SSSR count). The van der Waals surface area contributed by atoms with Crippen LogP contribution in [0.5, 0.6) is 5.75 Å². The van der Waals surface area contributed by atoms with Crippen LogP contribution in [0.25, 0.3) is 0 Å². The molecule has 0 unspecified atom stereocenters. The molecule has 1 atom stereocenters. The first-order valence-electron chi connectivity index (χ1n) is 6.31. The molecule has 18 heavy (non-hydrogen) atoms. The molecule has 0 aromatic heterocycles. The topological polar surface area (TPSA) is 38.7 Å². The van der Waals surface area contributed by atoms with Gasteiger partial charge in [-0.1, -0.05) is 31.2 Å². The zero-order valence-corrected chi connectivity index (χ0v) is 11.1. The Morgan fingerprint density at radius 2 is 2.00 bits per heavy atom. The predicted molar refractivity (Wildman–Crippen MR) is 72.7 cm³/mol. The van der Waals surface area contributed by atoms with Gasteiger partial charge in [0.25, 0.3) is 0 Å². The molecule has 3 heteroatoms. The highest BCUT2D eigenvalue weighted by molar-refractivity contribution is 5.26. The third-order valence-electron chi connectivity index (χ3n) is 2.58. The fourth-order valence-corrected chi connectivity index (χ4v) is 1.51. The Labute approximate surface area is 109 Å². The third kappa shape index (κ3) is 5.84. The van der Waals surface area contributed by atoms with Crippen LogP contribution in [-0.2, 0) is 11.3 Å². The molecule has 0 saturated carbocycles. The first-order chi connectivity index (χ1) is 8.76. The van der Waals surface area contributed by atoms with Crippen LogP contribution in [0.2, 0.25) is 0 Å². The third-order valence-corrected chi connectivity index (χ3v) is 2.58. The fraction of sp³-hybridized carbons (Fsp3) is 0.467. The van der Waals surface area contributed by atoms with Crippen molar-refractivity contribution in [1.82, 2.24) is 0 Å². The molecule has 0 radical (unpaired) electrons. The number of benzene rings is 1. The molecule has 1 N–H and O–H groups in total. The summed E-state index contributed by atoms with van der Waals surface area (Å²) in [6.07, 6.45) is 4.96. The minimum atomic E-state index is -0.402. The molecule has 1 aromatic carbocycles. The summed E-state index contributed by atoms with van der Waals surface area (Å²) in [6.45, 7) is 3.17. The van der Waals surface area contributed by atoms with Crippen molar-refractivity contribution in [3.05, 3.63) is 42.0 Å². The molecule has 3 nitrogen and oxygen atoms in total. The van der Waals surface area contributed by atoms with Crippen molar-refractivity contribution in [3.63, 3.8) is 0 Å². The van der Waals surface area contributed by atoms with Crippen molar-refractivity contribution in [3.8, 4) is 5.75 Å². The van der Waals surface area contributed by atoms with E-state index in [0.29, 0.717) is 19.6 Å². The second kappa shape index (κ2) is 8.72. The molecule has 100 valence electrons. The number of rotatable bonds is 8. The zero-order chi connectivity index (χ0) is 13.2. The van der Waals surface area contributed by atoms with Gasteiger partial charge in [0.1, 0.15) is 5.75 Å². The van der Waals surface area contributed by atoms with Crippen LogP contribution >= 0.6 is 0 Å². The van der Waals surface area contributed by atoms with Crippen LogP contribution in [0, 0.1) is 0 Å². The first kappa shape index (κ1) is 14.7. The summed E-state index contributed by atoms with van der Waals surface area (Å²) in [7, 11) is 1.65. The average Bonchev–Trinajstić information content (AvgIpc) is 2.42. The molecule has 0 saturated heterocycles. The van der Waals surface area contributed by atoms with E-state index < -0.39 is 6.10 Å². The summed E-state index contributed by atoms with van der Waals surface area (Å²) in [5.74, 6) is 0.846. The fourth-order valence-electron chi connectivity index (χ4n) is 1.51. The highest BCUT2D eigenvalue weighted by atomic mass is 16.5. The maximum absolute atomic E-state index is 9.56. The van der Waals surface area contributed by atoms with Gasteiger partial charge in [-0.3, -0.25) is 0 Å². The zero-order valence-electron chi connectivity index (χ0n) is 11.1. The van der Waals surface area contributed by atoms with E-state index in [9.17, 15) is 5.11 Å². The van der Waals surface area contributed by atoms with Gasteiger partial charge in [0.05, 0.1) is 19.8 Å². The van der Waals surface area contributed by atoms with E-state index in [2.05, 4.69) is 0 Å². The largest absolute Gasteiger partial charge is 0.497 e. The van der Waals surface area contributed by atoms with Crippen molar-refractivity contribution >= 4 is 0 Å². The number of ether oxygens (including phenoxy) is 2. The van der Waals surface area contributed by atoms with E-state index in [1.54, 1.807) is 7.11 Å². The smallest absolute Gasteiger partial charge is 0.118 e. The Kier molecular flexibility index (Phi) is 7.14. The van der Waals surface area contributed by atoms with E-state index in [4.69, 9.17) is 9.47 Å². The maximum Gasteiger partial charge on any atom is 0.118 e. The number of methoxy groups -OCH3 is 1. The molecule has 1 aromatic rings. The molecular weight excluding hydrogens is 228 g/mol. The quantitative estimate of drug-likeness (QED) is 0.569. The highest BCUT2D eigenvalue weighted by Crippen LogP contribution is 2.12. The van der Waals surface area contributed by atoms with Gasteiger partial charge in [-0.2, -0.15) is 0 Å². The lowest BCUT2D eigenvalue weighted by molar-refractivity contribution is 0.0882. The van der Waals surface area contributed by atoms with Crippen molar-refractivity contribution in [2.45, 2.75) is 32.5 Å². The second-order valence-electron chi connectivity index (χ2n) is 4.09. The normalized spacial score (nSPS) is 12.8. The van der Waals surface area contributed by atoms with Gasteiger partial charge in [-0.25, -0.2) is 0 Å². The van der Waals surface area contributed by atoms with Crippen molar-refractivity contribution in [2.24, 2.45) is 0 Å². The highest BCUT2D eigenvalue weighted by Gasteiger charge is 1.99. The van der Waals surface area contributed by atoms with Crippen LogP contribution in [-0.4, -0.2) is 24.9 Å². The van der Waals surface area contributed by atoms with E-state index in [-0.39, 0.29) is 0 Å². The lowest BCUT2D eigenvalue weighted by Gasteiger charge is -2.07. The number of aliphatic hydroxyl groups is 1. The Bertz CT molecular complexity index is 343. The Morgan fingerprint density at radius 3 is 2.61 bits per heavy atom. The summed E-state index contributed by atoms with van der Waals surface area (Å²) in [5, 5.41) is 9.56. The molecule has 0 fully saturated rings. The van der Waals surface area contributed by atoms with Crippen LogP contribution in [0.1, 0.15) is 25.3 Å². The summed E-state index contributed by atoms with van der Waals surface area (Å²) < 4.78 is 10.6. The van der Waals surface area contributed by atoms with Gasteiger partial charge in [0.15, 0.2) is 0 Å². The SMILES string of the molecule is CC/C=C\[C@@H](O)CCOCc1ccc(OC)cc1. The van der Waals surface area contributed by atoms with E-state index in [0.717, 1.165) is 17.7 Å². The first-order valence-corrected chi connectivity index (χ1v) is 6.31. The molecule has 0 spiro atoms. The lowest BCUT2D eigenvalue weighted by atomic mass is 10.2. The van der Waals surface area contributed by atoms with E-state index >= 15 is 0 Å². The minimum Gasteiger partial charge on any atom is -0.497 e. The Hall–Kier alpha value is -1.32. The number of aliphatic hydroxyl groups excluding tert-OH is 1. The molecule has 0 amide bonds. The van der Waals surface area contributed by atoms with Gasteiger partial charge in [0.2, 0.25) is 0 Å². The maximum atomic E-state index is 9.56. The monoisotopic (exact) mass is 250 g/mol. The Balaban J connectivity index is 2.19. The average molecular weight is 250 g/mol. The number of hydrogen-bond acceptors (Lipinski definition) is 3. The van der Waals surface area contributed by atoms with Crippen molar-refractivity contribution in [1.29, 1.82) is 0 Å². The van der Waals surface area contributed by atoms with E-state index in [1.807, 2.05) is 43.3 Å². The van der Waals surface area contributed by atoms with Gasteiger partial charge >= 0.3 is 0 Å². The van der Waals surface area contributed by atoms with Gasteiger partial charge in [-0.05, 0) is 24.1 Å². The molecule has 0 bridgehead atoms. The summed E-state index contributed by atoms with van der Waals surface area (Å²) in [6, 6.07) is 7.79. The summed E-state index contributed by atoms with van der Waals surface area (Å²) in [5.41, 5.74) is 1.11. The van der Waals surface area contributed by atoms with E-state index in [1.165, 1.54) is 0 Å². The lowest BCUT2D eigenvalue weighted by Crippen LogP contribution is -2.07. The number of allylic oxidation sites excluding steroid dienone is 1. The standard InChI is InChI=1S/C15H22O3/c1-3-4-5-14(16)10-11-18-12-13-6-8-15(17-2)9-7-13/h4-9,14,16H,3,10-12H2,1-2H3/b5-4-/t14-/m1/s1. The second-order valence-corrected chi connectivity index (χ2v) is 4.09. The molecule has 0 aliphatic rings. The summed E-state index contributed by atoms with van der Waals surface area (Å²) >= 11 is 0. The van der Waals surface area contributed by atoms with Crippen LogP contribution in [0.4, 0.5) is 0 Å². The minimum absolute atomic E-state index is 0.402. The van der Waals surface area contributed by atoms with Crippen LogP contribution in [0.15, 0.2) is 36.4 Å². The predicted octanol–water partition coefficient (Wildman–Crippen LogP) is 2.93. The van der Waals surface area contributed by atoms with Gasteiger partial charge in [-0.15, -0.1) is 0 Å². The van der Waals surface area contributed by atoms with Crippen LogP contribution < -0.4 is 4.74 Å². The summed E-state index contributed by atoms with van der Waals surface area (Å²) in [4.78, 5) is 0. The van der Waals surface area contributed by atoms with Crippen LogP contribution in [0.3, 0.4) is 0 Å². The Morgan fingerprint density at radius 1 is 1.28 bits per heavy atom. The molecule has 0 heterocycles. The number of hydrogen-bond donors (Lipinski definition) is 1. The van der Waals surface area contributed by atoms with Crippen molar-refractivity contribution in [2.75, 3.05) is 13.7 Å². The molecular formula is C15H22O3. The molecule has 0 aliphatic carbocycles. The van der Waals surface area contributed by atoms with Crippen molar-refractivity contribution < 1.29 is 14.6 Å². The van der Waals surface area contributed by atoms with Gasteiger partial charge < -0.3 is 14.6 Å². The van der Waals surface area contributed by atoms with Gasteiger partial charge in [0, 0.05) is 13.0 Å².